The second-order valence-electron chi connectivity index (χ2n) is 6.84. The Hall–Kier alpha value is -3.49. The summed E-state index contributed by atoms with van der Waals surface area (Å²) < 4.78 is 16.8. The number of carbonyl (C=O) groups excluding carboxylic acids is 1. The van der Waals surface area contributed by atoms with Gasteiger partial charge in [0.1, 0.15) is 17.2 Å². The first-order chi connectivity index (χ1) is 13.4. The summed E-state index contributed by atoms with van der Waals surface area (Å²) in [7, 11) is 3.07. The molecular formula is C19H19N3O6. The topological polar surface area (TPSA) is 103 Å². The summed E-state index contributed by atoms with van der Waals surface area (Å²) in [4.78, 5) is 25.1. The summed E-state index contributed by atoms with van der Waals surface area (Å²) in [5, 5.41) is 14.0. The Balaban J connectivity index is 1.78. The van der Waals surface area contributed by atoms with Crippen LogP contribution in [0.1, 0.15) is 24.9 Å². The van der Waals surface area contributed by atoms with Crippen molar-refractivity contribution in [2.24, 2.45) is 0 Å². The lowest BCUT2D eigenvalue weighted by atomic mass is 9.89. The Kier molecular flexibility index (Phi) is 4.02. The van der Waals surface area contributed by atoms with Crippen molar-refractivity contribution in [3.05, 3.63) is 52.1 Å². The molecule has 2 heterocycles. The van der Waals surface area contributed by atoms with Gasteiger partial charge in [-0.2, -0.15) is 0 Å². The second-order valence-corrected chi connectivity index (χ2v) is 6.84. The van der Waals surface area contributed by atoms with Gasteiger partial charge in [0.2, 0.25) is 0 Å². The first-order valence-corrected chi connectivity index (χ1v) is 8.66. The van der Waals surface area contributed by atoms with Gasteiger partial charge in [-0.25, -0.2) is 4.79 Å². The van der Waals surface area contributed by atoms with Gasteiger partial charge in [0.05, 0.1) is 30.9 Å². The van der Waals surface area contributed by atoms with E-state index in [0.717, 1.165) is 0 Å². The van der Waals surface area contributed by atoms with Gasteiger partial charge in [-0.15, -0.1) is 0 Å². The van der Waals surface area contributed by atoms with E-state index in [-0.39, 0.29) is 17.8 Å². The molecule has 9 nitrogen and oxygen atoms in total. The molecule has 2 bridgehead atoms. The van der Waals surface area contributed by atoms with Gasteiger partial charge >= 0.3 is 6.03 Å². The molecule has 2 aromatic carbocycles. The number of benzene rings is 2. The maximum Gasteiger partial charge on any atom is 0.325 e. The fraction of sp³-hybridized carbons (Fsp3) is 0.316. The number of anilines is 1. The molecule has 1 saturated heterocycles. The standard InChI is InChI=1S/C19H19N3O6/c1-19-10-14(13-8-11(22(24)25)4-7-16(13)28-19)20-18(23)21(19)15-6-5-12(26-2)9-17(15)27-3/h4-9,14H,10H2,1-3H3,(H,20,23)/t14-,19-/m0/s1. The Morgan fingerprint density at radius 3 is 2.71 bits per heavy atom. The van der Waals surface area contributed by atoms with Crippen LogP contribution in [0.15, 0.2) is 36.4 Å². The number of hydrogen-bond acceptors (Lipinski definition) is 6. The van der Waals surface area contributed by atoms with Crippen molar-refractivity contribution in [2.75, 3.05) is 19.1 Å². The van der Waals surface area contributed by atoms with Crippen LogP contribution in [0.25, 0.3) is 0 Å². The van der Waals surface area contributed by atoms with Crippen molar-refractivity contribution in [3.63, 3.8) is 0 Å². The van der Waals surface area contributed by atoms with Crippen molar-refractivity contribution < 1.29 is 23.9 Å². The number of nitrogens with one attached hydrogen (secondary N) is 1. The molecule has 28 heavy (non-hydrogen) atoms. The molecule has 2 aliphatic rings. The number of amides is 2. The van der Waals surface area contributed by atoms with Crippen LogP contribution in [-0.4, -0.2) is 30.9 Å². The molecule has 2 aliphatic heterocycles. The van der Waals surface area contributed by atoms with E-state index >= 15 is 0 Å². The number of urea groups is 1. The highest BCUT2D eigenvalue weighted by Crippen LogP contribution is 2.48. The van der Waals surface area contributed by atoms with Crippen LogP contribution in [0.3, 0.4) is 0 Å². The van der Waals surface area contributed by atoms with Crippen LogP contribution in [0.2, 0.25) is 0 Å². The van der Waals surface area contributed by atoms with Crippen LogP contribution >= 0.6 is 0 Å². The Morgan fingerprint density at radius 1 is 1.25 bits per heavy atom. The van der Waals surface area contributed by atoms with Crippen LogP contribution in [0.4, 0.5) is 16.2 Å². The predicted octanol–water partition coefficient (Wildman–Crippen LogP) is 3.38. The number of methoxy groups -OCH3 is 2. The Bertz CT molecular complexity index is 978. The molecule has 0 unspecified atom stereocenters. The average molecular weight is 385 g/mol. The van der Waals surface area contributed by atoms with E-state index in [1.807, 2.05) is 6.92 Å². The number of non-ortho nitro benzene ring substituents is 1. The minimum Gasteiger partial charge on any atom is -0.497 e. The van der Waals surface area contributed by atoms with E-state index < -0.39 is 10.6 Å². The third-order valence-corrected chi connectivity index (χ3v) is 5.09. The van der Waals surface area contributed by atoms with Gasteiger partial charge in [-0.1, -0.05) is 0 Å². The number of carbonyl (C=O) groups is 1. The molecule has 2 aromatic rings. The van der Waals surface area contributed by atoms with Gasteiger partial charge in [-0.05, 0) is 25.1 Å². The highest BCUT2D eigenvalue weighted by atomic mass is 16.6. The monoisotopic (exact) mass is 385 g/mol. The van der Waals surface area contributed by atoms with E-state index in [1.165, 1.54) is 24.1 Å². The molecule has 0 spiro atoms. The van der Waals surface area contributed by atoms with E-state index in [0.29, 0.717) is 34.9 Å². The van der Waals surface area contributed by atoms with Gasteiger partial charge in [-0.3, -0.25) is 15.0 Å². The Labute approximate surface area is 160 Å². The molecule has 1 fully saturated rings. The van der Waals surface area contributed by atoms with E-state index in [1.54, 1.807) is 31.4 Å². The normalized spacial score (nSPS) is 22.6. The first-order valence-electron chi connectivity index (χ1n) is 8.66. The molecule has 4 rings (SSSR count). The summed E-state index contributed by atoms with van der Waals surface area (Å²) in [5.74, 6) is 1.57. The summed E-state index contributed by atoms with van der Waals surface area (Å²) in [6.45, 7) is 1.81. The lowest BCUT2D eigenvalue weighted by molar-refractivity contribution is -0.385. The number of hydrogen-bond donors (Lipinski definition) is 1. The van der Waals surface area contributed by atoms with Crippen LogP contribution in [0.5, 0.6) is 17.2 Å². The minimum absolute atomic E-state index is 0.0422. The van der Waals surface area contributed by atoms with Gasteiger partial charge in [0.25, 0.3) is 5.69 Å². The zero-order chi connectivity index (χ0) is 20.1. The molecule has 2 amide bonds. The molecule has 0 radical (unpaired) electrons. The largest absolute Gasteiger partial charge is 0.497 e. The number of rotatable bonds is 4. The smallest absolute Gasteiger partial charge is 0.325 e. The van der Waals surface area contributed by atoms with Crippen molar-refractivity contribution in [3.8, 4) is 17.2 Å². The van der Waals surface area contributed by atoms with E-state index in [4.69, 9.17) is 14.2 Å². The molecule has 1 N–H and O–H groups in total. The van der Waals surface area contributed by atoms with Crippen LogP contribution in [0, 0.1) is 10.1 Å². The van der Waals surface area contributed by atoms with Gasteiger partial charge in [0, 0.05) is 30.2 Å². The van der Waals surface area contributed by atoms with Crippen molar-refractivity contribution >= 4 is 17.4 Å². The zero-order valence-corrected chi connectivity index (χ0v) is 15.6. The molecule has 0 saturated carbocycles. The fourth-order valence-electron chi connectivity index (χ4n) is 3.81. The minimum atomic E-state index is -0.988. The number of ether oxygens (including phenoxy) is 3. The molecule has 0 aliphatic carbocycles. The number of nitro benzene ring substituents is 1. The molecule has 9 heteroatoms. The summed E-state index contributed by atoms with van der Waals surface area (Å²) in [6, 6.07) is 8.81. The van der Waals surface area contributed by atoms with E-state index in [9.17, 15) is 14.9 Å². The molecular weight excluding hydrogens is 366 g/mol. The lowest BCUT2D eigenvalue weighted by Gasteiger charge is -2.50. The quantitative estimate of drug-likeness (QED) is 0.639. The molecule has 0 aromatic heterocycles. The maximum atomic E-state index is 13.0. The van der Waals surface area contributed by atoms with Crippen molar-refractivity contribution in [1.29, 1.82) is 0 Å². The SMILES string of the molecule is COc1ccc(N2C(=O)N[C@H]3C[C@]2(C)Oc2ccc([N+](=O)[O-])cc23)c(OC)c1. The number of fused-ring (bicyclic) bond motifs is 4. The highest BCUT2D eigenvalue weighted by molar-refractivity contribution is 5.96. The molecule has 146 valence electrons. The second kappa shape index (κ2) is 6.29. The summed E-state index contributed by atoms with van der Waals surface area (Å²) in [5.41, 5.74) is 0.103. The number of nitrogens with zero attached hydrogens (tertiary/aromatic N) is 2. The summed E-state index contributed by atoms with van der Waals surface area (Å²) >= 11 is 0. The zero-order valence-electron chi connectivity index (χ0n) is 15.6. The third kappa shape index (κ3) is 2.67. The van der Waals surface area contributed by atoms with Gasteiger partial charge in [0.15, 0.2) is 5.72 Å². The first kappa shape index (κ1) is 17.9. The summed E-state index contributed by atoms with van der Waals surface area (Å²) in [6.07, 6.45) is 0.419. The average Bonchev–Trinajstić information content (AvgIpc) is 2.67. The van der Waals surface area contributed by atoms with E-state index in [2.05, 4.69) is 5.32 Å². The van der Waals surface area contributed by atoms with Gasteiger partial charge < -0.3 is 19.5 Å². The maximum absolute atomic E-state index is 13.0. The lowest BCUT2D eigenvalue weighted by Crippen LogP contribution is -2.65. The highest BCUT2D eigenvalue weighted by Gasteiger charge is 2.50. The predicted molar refractivity (Wildman–Crippen MR) is 100 cm³/mol. The number of nitro groups is 1. The third-order valence-electron chi connectivity index (χ3n) is 5.09. The molecule has 2 atom stereocenters. The Morgan fingerprint density at radius 2 is 2.04 bits per heavy atom. The van der Waals surface area contributed by atoms with Crippen molar-refractivity contribution in [1.82, 2.24) is 5.32 Å². The van der Waals surface area contributed by atoms with Crippen LogP contribution < -0.4 is 24.4 Å². The fourth-order valence-corrected chi connectivity index (χ4v) is 3.81. The van der Waals surface area contributed by atoms with Crippen molar-refractivity contribution in [2.45, 2.75) is 25.1 Å². The van der Waals surface area contributed by atoms with Crippen LogP contribution in [-0.2, 0) is 0 Å².